The summed E-state index contributed by atoms with van der Waals surface area (Å²) in [6.07, 6.45) is 1.06. The maximum absolute atomic E-state index is 12.0. The van der Waals surface area contributed by atoms with Crippen LogP contribution in [0.3, 0.4) is 0 Å². The Morgan fingerprint density at radius 2 is 1.84 bits per heavy atom. The Balaban J connectivity index is 2.47. The first kappa shape index (κ1) is 15.5. The summed E-state index contributed by atoms with van der Waals surface area (Å²) < 4.78 is 5.57. The highest BCUT2D eigenvalue weighted by atomic mass is 16.5. The Kier molecular flexibility index (Phi) is 5.83. The predicted octanol–water partition coefficient (Wildman–Crippen LogP) is 2.68. The number of rotatable bonds is 6. The summed E-state index contributed by atoms with van der Waals surface area (Å²) in [6, 6.07) is 7.21. The average molecular weight is 264 g/mol. The first-order valence-corrected chi connectivity index (χ1v) is 6.64. The van der Waals surface area contributed by atoms with Gasteiger partial charge in [-0.25, -0.2) is 0 Å². The van der Waals surface area contributed by atoms with Crippen molar-refractivity contribution in [2.24, 2.45) is 5.92 Å². The lowest BCUT2D eigenvalue weighted by Gasteiger charge is -2.20. The first-order chi connectivity index (χ1) is 8.90. The van der Waals surface area contributed by atoms with Crippen LogP contribution < -0.4 is 10.6 Å². The first-order valence-electron chi connectivity index (χ1n) is 6.64. The van der Waals surface area contributed by atoms with Crippen LogP contribution in [0.4, 0.5) is 11.4 Å². The molecule has 0 radical (unpaired) electrons. The number of amides is 1. The number of nitrogens with two attached hydrogens (primary N) is 1. The van der Waals surface area contributed by atoms with Crippen molar-refractivity contribution in [1.29, 1.82) is 0 Å². The van der Waals surface area contributed by atoms with Gasteiger partial charge in [0.2, 0.25) is 0 Å². The van der Waals surface area contributed by atoms with Crippen LogP contribution in [-0.2, 0) is 9.53 Å². The third kappa shape index (κ3) is 5.30. The van der Waals surface area contributed by atoms with E-state index in [9.17, 15) is 4.79 Å². The highest BCUT2D eigenvalue weighted by Gasteiger charge is 2.13. The molecule has 2 N–H and O–H groups in total. The van der Waals surface area contributed by atoms with Crippen LogP contribution in [0.1, 0.15) is 27.2 Å². The molecule has 4 nitrogen and oxygen atoms in total. The minimum atomic E-state index is -0.0552. The molecule has 1 aromatic rings. The Labute approximate surface area is 115 Å². The lowest BCUT2D eigenvalue weighted by atomic mass is 10.1. The zero-order chi connectivity index (χ0) is 14.4. The summed E-state index contributed by atoms with van der Waals surface area (Å²) in [6.45, 7) is 6.38. The fourth-order valence-electron chi connectivity index (χ4n) is 1.88. The second-order valence-corrected chi connectivity index (χ2v) is 5.30. The molecule has 106 valence electrons. The number of carbonyl (C=O) groups is 1. The van der Waals surface area contributed by atoms with E-state index in [1.807, 2.05) is 19.1 Å². The fourth-order valence-corrected chi connectivity index (χ4v) is 1.88. The molecule has 0 aromatic heterocycles. The number of anilines is 2. The minimum absolute atomic E-state index is 0.0552. The van der Waals surface area contributed by atoms with Gasteiger partial charge < -0.3 is 15.4 Å². The standard InChI is InChI=1S/C15H24N2O2/c1-11(2)9-12(3)19-10-15(18)17(4)14-7-5-13(16)6-8-14/h5-8,11-12H,9-10,16H2,1-4H3. The van der Waals surface area contributed by atoms with Crippen LogP contribution in [0.15, 0.2) is 24.3 Å². The Bertz CT molecular complexity index is 401. The van der Waals surface area contributed by atoms with E-state index in [4.69, 9.17) is 10.5 Å². The molecule has 19 heavy (non-hydrogen) atoms. The van der Waals surface area contributed by atoms with E-state index >= 15 is 0 Å². The normalized spacial score (nSPS) is 12.5. The minimum Gasteiger partial charge on any atom is -0.399 e. The van der Waals surface area contributed by atoms with Gasteiger partial charge in [-0.05, 0) is 43.5 Å². The molecule has 0 fully saturated rings. The van der Waals surface area contributed by atoms with Crippen LogP contribution in [0, 0.1) is 5.92 Å². The van der Waals surface area contributed by atoms with Crippen LogP contribution >= 0.6 is 0 Å². The molecule has 1 unspecified atom stereocenters. The van der Waals surface area contributed by atoms with E-state index in [1.54, 1.807) is 24.1 Å². The monoisotopic (exact) mass is 264 g/mol. The smallest absolute Gasteiger partial charge is 0.252 e. The molecule has 0 spiro atoms. The summed E-state index contributed by atoms with van der Waals surface area (Å²) in [7, 11) is 1.74. The molecule has 0 heterocycles. The van der Waals surface area contributed by atoms with Crippen molar-refractivity contribution in [2.75, 3.05) is 24.3 Å². The molecule has 1 atom stereocenters. The Hall–Kier alpha value is -1.55. The average Bonchev–Trinajstić information content (AvgIpc) is 2.35. The highest BCUT2D eigenvalue weighted by molar-refractivity contribution is 5.93. The van der Waals surface area contributed by atoms with Gasteiger partial charge in [0.25, 0.3) is 5.91 Å². The Morgan fingerprint density at radius 1 is 1.26 bits per heavy atom. The summed E-state index contributed by atoms with van der Waals surface area (Å²) in [5.41, 5.74) is 7.12. The van der Waals surface area contributed by atoms with Gasteiger partial charge in [0.15, 0.2) is 0 Å². The second kappa shape index (κ2) is 7.14. The number of ether oxygens (including phenoxy) is 1. The van der Waals surface area contributed by atoms with Crippen LogP contribution in [0.5, 0.6) is 0 Å². The number of hydrogen-bond donors (Lipinski definition) is 1. The van der Waals surface area contributed by atoms with Crippen molar-refractivity contribution < 1.29 is 9.53 Å². The predicted molar refractivity (Wildman–Crippen MR) is 79.1 cm³/mol. The zero-order valence-electron chi connectivity index (χ0n) is 12.2. The van der Waals surface area contributed by atoms with Crippen LogP contribution in [-0.4, -0.2) is 25.7 Å². The van der Waals surface area contributed by atoms with Gasteiger partial charge in [0.05, 0.1) is 6.10 Å². The molecular formula is C15H24N2O2. The topological polar surface area (TPSA) is 55.6 Å². The van der Waals surface area contributed by atoms with Crippen molar-refractivity contribution in [3.8, 4) is 0 Å². The van der Waals surface area contributed by atoms with E-state index < -0.39 is 0 Å². The van der Waals surface area contributed by atoms with Gasteiger partial charge in [-0.2, -0.15) is 0 Å². The molecule has 0 aliphatic heterocycles. The SMILES string of the molecule is CC(C)CC(C)OCC(=O)N(C)c1ccc(N)cc1. The number of nitrogen functional groups attached to an aromatic ring is 1. The van der Waals surface area contributed by atoms with Crippen LogP contribution in [0.2, 0.25) is 0 Å². The van der Waals surface area contributed by atoms with E-state index in [-0.39, 0.29) is 18.6 Å². The van der Waals surface area contributed by atoms with Crippen molar-refractivity contribution in [1.82, 2.24) is 0 Å². The number of likely N-dealkylation sites (N-methyl/N-ethyl adjacent to an activating group) is 1. The van der Waals surface area contributed by atoms with E-state index in [0.29, 0.717) is 11.6 Å². The van der Waals surface area contributed by atoms with Gasteiger partial charge in [0, 0.05) is 18.4 Å². The van der Waals surface area contributed by atoms with Crippen molar-refractivity contribution in [3.05, 3.63) is 24.3 Å². The third-order valence-corrected chi connectivity index (χ3v) is 2.95. The maximum Gasteiger partial charge on any atom is 0.252 e. The van der Waals surface area contributed by atoms with Crippen molar-refractivity contribution in [3.63, 3.8) is 0 Å². The summed E-state index contributed by atoms with van der Waals surface area (Å²) >= 11 is 0. The molecule has 1 amide bonds. The number of carbonyl (C=O) groups excluding carboxylic acids is 1. The molecule has 0 bridgehead atoms. The van der Waals surface area contributed by atoms with Crippen molar-refractivity contribution in [2.45, 2.75) is 33.3 Å². The molecule has 4 heteroatoms. The summed E-state index contributed by atoms with van der Waals surface area (Å²) in [4.78, 5) is 13.6. The van der Waals surface area contributed by atoms with Gasteiger partial charge in [-0.1, -0.05) is 13.8 Å². The van der Waals surface area contributed by atoms with Crippen LogP contribution in [0.25, 0.3) is 0 Å². The molecule has 1 aromatic carbocycles. The second-order valence-electron chi connectivity index (χ2n) is 5.30. The quantitative estimate of drug-likeness (QED) is 0.804. The number of benzene rings is 1. The molecule has 0 saturated heterocycles. The molecule has 0 saturated carbocycles. The Morgan fingerprint density at radius 3 is 2.37 bits per heavy atom. The summed E-state index contributed by atoms with van der Waals surface area (Å²) in [5.74, 6) is 0.514. The number of hydrogen-bond acceptors (Lipinski definition) is 3. The number of nitrogens with zero attached hydrogens (tertiary/aromatic N) is 1. The van der Waals surface area contributed by atoms with E-state index in [1.165, 1.54) is 0 Å². The van der Waals surface area contributed by atoms with E-state index in [0.717, 1.165) is 12.1 Å². The molecule has 0 aliphatic rings. The summed E-state index contributed by atoms with van der Waals surface area (Å²) in [5, 5.41) is 0. The lowest BCUT2D eigenvalue weighted by molar-refractivity contribution is -0.124. The van der Waals surface area contributed by atoms with Gasteiger partial charge in [-0.15, -0.1) is 0 Å². The molecule has 1 rings (SSSR count). The largest absolute Gasteiger partial charge is 0.399 e. The highest BCUT2D eigenvalue weighted by Crippen LogP contribution is 2.15. The zero-order valence-corrected chi connectivity index (χ0v) is 12.2. The van der Waals surface area contributed by atoms with Gasteiger partial charge >= 0.3 is 0 Å². The van der Waals surface area contributed by atoms with E-state index in [2.05, 4.69) is 13.8 Å². The lowest BCUT2D eigenvalue weighted by Crippen LogP contribution is -2.31. The molecule has 0 aliphatic carbocycles. The van der Waals surface area contributed by atoms with Gasteiger partial charge in [-0.3, -0.25) is 4.79 Å². The van der Waals surface area contributed by atoms with Crippen molar-refractivity contribution >= 4 is 17.3 Å². The fraction of sp³-hybridized carbons (Fsp3) is 0.533. The maximum atomic E-state index is 12.0. The molecular weight excluding hydrogens is 240 g/mol. The third-order valence-electron chi connectivity index (χ3n) is 2.95. The van der Waals surface area contributed by atoms with Gasteiger partial charge in [0.1, 0.15) is 6.61 Å².